The molecule has 2 heterocycles. The molecule has 1 N–H and O–H groups in total. The number of nitrogens with zero attached hydrogens (tertiary/aromatic N) is 2. The number of nitrogens with one attached hydrogen (secondary N) is 1. The molecule has 2 aromatic rings. The lowest BCUT2D eigenvalue weighted by Crippen LogP contribution is -2.23. The van der Waals surface area contributed by atoms with Crippen LogP contribution in [0.25, 0.3) is 0 Å². The molecule has 1 atom stereocenters. The first-order valence-electron chi connectivity index (χ1n) is 6.67. The average Bonchev–Trinajstić information content (AvgIpc) is 2.83. The van der Waals surface area contributed by atoms with Gasteiger partial charge in [0.2, 0.25) is 5.88 Å². The predicted molar refractivity (Wildman–Crippen MR) is 93.0 cm³/mol. The van der Waals surface area contributed by atoms with Gasteiger partial charge in [-0.05, 0) is 50.9 Å². The van der Waals surface area contributed by atoms with Gasteiger partial charge in [-0.15, -0.1) is 11.3 Å². The summed E-state index contributed by atoms with van der Waals surface area (Å²) in [5, 5.41) is 3.58. The summed E-state index contributed by atoms with van der Waals surface area (Å²) in [6, 6.07) is 4.27. The molecule has 0 saturated carbocycles. The van der Waals surface area contributed by atoms with E-state index < -0.39 is 0 Å². The van der Waals surface area contributed by atoms with Gasteiger partial charge in [-0.1, -0.05) is 6.92 Å². The quantitative estimate of drug-likeness (QED) is 0.703. The summed E-state index contributed by atoms with van der Waals surface area (Å²) in [6.45, 7) is 3.14. The van der Waals surface area contributed by atoms with Gasteiger partial charge in [0.05, 0.1) is 10.9 Å². The predicted octanol–water partition coefficient (Wildman–Crippen LogP) is 4.36. The van der Waals surface area contributed by atoms with Crippen molar-refractivity contribution in [2.45, 2.75) is 25.8 Å². The number of hydrogen-bond donors (Lipinski definition) is 1. The van der Waals surface area contributed by atoms with Gasteiger partial charge < -0.3 is 10.1 Å². The van der Waals surface area contributed by atoms with Crippen LogP contribution in [0.5, 0.6) is 5.88 Å². The summed E-state index contributed by atoms with van der Waals surface area (Å²) in [5.74, 6) is 0.600. The van der Waals surface area contributed by atoms with E-state index in [-0.39, 0.29) is 6.04 Å². The summed E-state index contributed by atoms with van der Waals surface area (Å²) in [6.07, 6.45) is 3.45. The van der Waals surface area contributed by atoms with Crippen LogP contribution in [-0.2, 0) is 6.42 Å². The van der Waals surface area contributed by atoms with E-state index in [0.717, 1.165) is 33.3 Å². The average molecular weight is 435 g/mol. The molecule has 7 heteroatoms. The van der Waals surface area contributed by atoms with Gasteiger partial charge in [0.1, 0.15) is 6.33 Å². The van der Waals surface area contributed by atoms with Crippen LogP contribution in [0.4, 0.5) is 0 Å². The zero-order valence-corrected chi connectivity index (χ0v) is 15.9. The fourth-order valence-corrected chi connectivity index (χ4v) is 4.10. The molecule has 0 saturated heterocycles. The number of thiophene rings is 1. The second-order valence-corrected chi connectivity index (χ2v) is 7.79. The first kappa shape index (κ1) is 16.9. The molecule has 0 aliphatic carbocycles. The molecule has 1 unspecified atom stereocenters. The van der Waals surface area contributed by atoms with Crippen molar-refractivity contribution in [1.29, 1.82) is 0 Å². The molecule has 2 aromatic heterocycles. The molecule has 2 rings (SSSR count). The van der Waals surface area contributed by atoms with Gasteiger partial charge in [0.25, 0.3) is 0 Å². The Balaban J connectivity index is 2.19. The molecular weight excluding hydrogens is 418 g/mol. The highest BCUT2D eigenvalue weighted by molar-refractivity contribution is 9.13. The van der Waals surface area contributed by atoms with Gasteiger partial charge in [-0.2, -0.15) is 0 Å². The smallest absolute Gasteiger partial charge is 0.216 e. The lowest BCUT2D eigenvalue weighted by molar-refractivity contribution is 0.395. The van der Waals surface area contributed by atoms with Crippen LogP contribution in [0.3, 0.4) is 0 Å². The molecule has 0 aliphatic heterocycles. The summed E-state index contributed by atoms with van der Waals surface area (Å²) < 4.78 is 7.36. The number of aromatic nitrogens is 2. The van der Waals surface area contributed by atoms with Crippen LogP contribution >= 0.6 is 43.2 Å². The molecule has 0 radical (unpaired) electrons. The summed E-state index contributed by atoms with van der Waals surface area (Å²) in [4.78, 5) is 9.67. The van der Waals surface area contributed by atoms with Gasteiger partial charge in [-0.25, -0.2) is 9.97 Å². The third-order valence-electron chi connectivity index (χ3n) is 2.97. The highest BCUT2D eigenvalue weighted by atomic mass is 79.9. The number of rotatable bonds is 7. The Bertz CT molecular complexity index is 572. The Kier molecular flexibility index (Phi) is 6.60. The summed E-state index contributed by atoms with van der Waals surface area (Å²) in [5.41, 5.74) is 0.969. The van der Waals surface area contributed by atoms with Crippen molar-refractivity contribution in [3.05, 3.63) is 37.3 Å². The Labute approximate surface area is 145 Å². The minimum Gasteiger partial charge on any atom is -0.481 e. The number of ether oxygens (including phenoxy) is 1. The maximum absolute atomic E-state index is 5.16. The molecule has 114 valence electrons. The lowest BCUT2D eigenvalue weighted by atomic mass is 10.1. The minimum atomic E-state index is 0.233. The highest BCUT2D eigenvalue weighted by Crippen LogP contribution is 2.36. The summed E-state index contributed by atoms with van der Waals surface area (Å²) in [7, 11) is 1.62. The van der Waals surface area contributed by atoms with Crippen LogP contribution in [0.15, 0.2) is 26.7 Å². The summed E-state index contributed by atoms with van der Waals surface area (Å²) >= 11 is 8.84. The van der Waals surface area contributed by atoms with Crippen molar-refractivity contribution in [2.75, 3.05) is 13.7 Å². The van der Waals surface area contributed by atoms with Gasteiger partial charge >= 0.3 is 0 Å². The molecule has 0 amide bonds. The van der Waals surface area contributed by atoms with E-state index in [0.29, 0.717) is 5.88 Å². The van der Waals surface area contributed by atoms with Crippen LogP contribution in [-0.4, -0.2) is 23.6 Å². The van der Waals surface area contributed by atoms with Crippen LogP contribution in [0.2, 0.25) is 0 Å². The maximum Gasteiger partial charge on any atom is 0.216 e. The van der Waals surface area contributed by atoms with E-state index >= 15 is 0 Å². The van der Waals surface area contributed by atoms with Gasteiger partial charge in [0.15, 0.2) is 0 Å². The molecule has 0 aromatic carbocycles. The normalized spacial score (nSPS) is 12.4. The maximum atomic E-state index is 5.16. The van der Waals surface area contributed by atoms with Crippen molar-refractivity contribution < 1.29 is 4.74 Å². The molecule has 0 spiro atoms. The number of methoxy groups -OCH3 is 1. The Morgan fingerprint density at radius 1 is 1.33 bits per heavy atom. The zero-order valence-electron chi connectivity index (χ0n) is 11.9. The van der Waals surface area contributed by atoms with Gasteiger partial charge in [0, 0.05) is 33.6 Å². The third kappa shape index (κ3) is 4.74. The first-order chi connectivity index (χ1) is 10.1. The Morgan fingerprint density at radius 2 is 2.14 bits per heavy atom. The first-order valence-corrected chi connectivity index (χ1v) is 9.07. The van der Waals surface area contributed by atoms with E-state index in [1.165, 1.54) is 4.88 Å². The second-order valence-electron chi connectivity index (χ2n) is 4.53. The van der Waals surface area contributed by atoms with Crippen LogP contribution < -0.4 is 10.1 Å². The van der Waals surface area contributed by atoms with Crippen LogP contribution in [0, 0.1) is 0 Å². The van der Waals surface area contributed by atoms with E-state index in [4.69, 9.17) is 4.74 Å². The van der Waals surface area contributed by atoms with E-state index in [1.54, 1.807) is 24.8 Å². The van der Waals surface area contributed by atoms with E-state index in [1.807, 2.05) is 6.07 Å². The molecule has 0 fully saturated rings. The molecule has 0 aliphatic rings. The topological polar surface area (TPSA) is 47.0 Å². The van der Waals surface area contributed by atoms with Crippen molar-refractivity contribution in [3.8, 4) is 5.88 Å². The minimum absolute atomic E-state index is 0.233. The SMILES string of the molecule is CCCNC(Cc1cc(OC)ncn1)c1cc(Br)c(Br)s1. The van der Waals surface area contributed by atoms with Crippen LogP contribution in [0.1, 0.15) is 30.0 Å². The molecule has 4 nitrogen and oxygen atoms in total. The molecule has 0 bridgehead atoms. The molecular formula is C14H17Br2N3OS. The Morgan fingerprint density at radius 3 is 2.76 bits per heavy atom. The largest absolute Gasteiger partial charge is 0.481 e. The fourth-order valence-electron chi connectivity index (χ4n) is 1.94. The number of halogens is 2. The standard InChI is InChI=1S/C14H17Br2N3OS/c1-3-4-17-11(12-7-10(15)14(16)21-12)5-9-6-13(20-2)19-8-18-9/h6-8,11,17H,3-5H2,1-2H3. The zero-order chi connectivity index (χ0) is 15.2. The molecule has 21 heavy (non-hydrogen) atoms. The third-order valence-corrected chi connectivity index (χ3v) is 6.34. The van der Waals surface area contributed by atoms with Crippen molar-refractivity contribution in [1.82, 2.24) is 15.3 Å². The monoisotopic (exact) mass is 433 g/mol. The van der Waals surface area contributed by atoms with Gasteiger partial charge in [-0.3, -0.25) is 0 Å². The van der Waals surface area contributed by atoms with E-state index in [9.17, 15) is 0 Å². The second kappa shape index (κ2) is 8.22. The fraction of sp³-hybridized carbons (Fsp3) is 0.429. The Hall–Kier alpha value is -0.500. The lowest BCUT2D eigenvalue weighted by Gasteiger charge is -2.16. The van der Waals surface area contributed by atoms with E-state index in [2.05, 4.69) is 60.1 Å². The van der Waals surface area contributed by atoms with Crippen molar-refractivity contribution >= 4 is 43.2 Å². The van der Waals surface area contributed by atoms with Crippen molar-refractivity contribution in [3.63, 3.8) is 0 Å². The highest BCUT2D eigenvalue weighted by Gasteiger charge is 2.17. The number of hydrogen-bond acceptors (Lipinski definition) is 5. The van der Waals surface area contributed by atoms with Crippen molar-refractivity contribution in [2.24, 2.45) is 0 Å².